The lowest BCUT2D eigenvalue weighted by molar-refractivity contribution is -0.125. The van der Waals surface area contributed by atoms with Crippen LogP contribution >= 0.6 is 0 Å². The molecule has 0 radical (unpaired) electrons. The van der Waals surface area contributed by atoms with Gasteiger partial charge in [-0.15, -0.1) is 0 Å². The lowest BCUT2D eigenvalue weighted by Crippen LogP contribution is -2.40. The van der Waals surface area contributed by atoms with Crippen molar-refractivity contribution < 1.29 is 32.2 Å². The Morgan fingerprint density at radius 2 is 1.94 bits per heavy atom. The molecule has 2 aliphatic rings. The number of alkyl halides is 4. The van der Waals surface area contributed by atoms with E-state index in [0.717, 1.165) is 12.8 Å². The van der Waals surface area contributed by atoms with Gasteiger partial charge in [0.25, 0.3) is 5.91 Å². The quantitative estimate of drug-likeness (QED) is 0.286. The summed E-state index contributed by atoms with van der Waals surface area (Å²) in [5.41, 5.74) is 0.0915. The van der Waals surface area contributed by atoms with E-state index < -0.39 is 18.4 Å². The van der Waals surface area contributed by atoms with Gasteiger partial charge >= 0.3 is 6.61 Å². The molecule has 0 saturated heterocycles. The summed E-state index contributed by atoms with van der Waals surface area (Å²) in [6.07, 6.45) is 5.26. The van der Waals surface area contributed by atoms with Gasteiger partial charge in [0.05, 0.1) is 12.7 Å². The summed E-state index contributed by atoms with van der Waals surface area (Å²) in [7, 11) is 0. The molecule has 1 amide bonds. The Morgan fingerprint density at radius 3 is 2.61 bits per heavy atom. The van der Waals surface area contributed by atoms with Gasteiger partial charge in [-0.3, -0.25) is 4.79 Å². The molecule has 0 aliphatic heterocycles. The fourth-order valence-electron chi connectivity index (χ4n) is 3.90. The highest BCUT2D eigenvalue weighted by Gasteiger charge is 2.35. The highest BCUT2D eigenvalue weighted by molar-refractivity contribution is 5.98. The average Bonchev–Trinajstić information content (AvgIpc) is 2.77. The second-order valence-corrected chi connectivity index (χ2v) is 8.44. The molecule has 8 nitrogen and oxygen atoms in total. The summed E-state index contributed by atoms with van der Waals surface area (Å²) in [5, 5.41) is 15.2. The van der Waals surface area contributed by atoms with Crippen molar-refractivity contribution in [2.24, 2.45) is 10.9 Å². The Morgan fingerprint density at radius 1 is 1.24 bits per heavy atom. The van der Waals surface area contributed by atoms with E-state index in [1.54, 1.807) is 6.21 Å². The van der Waals surface area contributed by atoms with E-state index in [1.807, 2.05) is 0 Å². The number of amides is 1. The van der Waals surface area contributed by atoms with Crippen LogP contribution in [0.3, 0.4) is 0 Å². The molecule has 1 aromatic heterocycles. The van der Waals surface area contributed by atoms with Gasteiger partial charge in [-0.25, -0.2) is 18.8 Å². The van der Waals surface area contributed by atoms with Gasteiger partial charge < -0.3 is 20.5 Å². The van der Waals surface area contributed by atoms with Crippen molar-refractivity contribution in [3.63, 3.8) is 0 Å². The van der Waals surface area contributed by atoms with Gasteiger partial charge in [-0.05, 0) is 44.4 Å². The minimum absolute atomic E-state index is 0.0236. The molecule has 12 heteroatoms. The zero-order valence-corrected chi connectivity index (χ0v) is 18.2. The van der Waals surface area contributed by atoms with Crippen molar-refractivity contribution in [2.45, 2.75) is 76.0 Å². The minimum Gasteiger partial charge on any atom is -0.393 e. The number of hydrogen-bond donors (Lipinski definition) is 3. The smallest absolute Gasteiger partial charge is 0.345 e. The molecular formula is C21H29F4N5O3. The predicted octanol–water partition coefficient (Wildman–Crippen LogP) is 3.69. The number of ether oxygens (including phenoxy) is 1. The molecule has 33 heavy (non-hydrogen) atoms. The molecular weight excluding hydrogens is 446 g/mol. The minimum atomic E-state index is -2.88. The van der Waals surface area contributed by atoms with Gasteiger partial charge in [0.1, 0.15) is 5.56 Å². The number of halogens is 4. The number of aliphatic hydroxyl groups excluding tert-OH is 1. The first-order valence-corrected chi connectivity index (χ1v) is 11.1. The van der Waals surface area contributed by atoms with Crippen LogP contribution in [-0.2, 0) is 4.74 Å². The third-order valence-electron chi connectivity index (χ3n) is 5.84. The fourth-order valence-corrected chi connectivity index (χ4v) is 3.90. The summed E-state index contributed by atoms with van der Waals surface area (Å²) in [6, 6.07) is -0.377. The maximum absolute atomic E-state index is 13.4. The molecule has 0 bridgehead atoms. The van der Waals surface area contributed by atoms with E-state index in [-0.39, 0.29) is 74.2 Å². The van der Waals surface area contributed by atoms with Crippen LogP contribution in [0.15, 0.2) is 11.2 Å². The SMILES string of the molecule is O=C(NC1CCC(F)(F)CC1)c1cnc(NCCOC(F)F)nc1N=CC1CCC(O)CC1. The number of rotatable bonds is 9. The van der Waals surface area contributed by atoms with E-state index in [1.165, 1.54) is 6.20 Å². The highest BCUT2D eigenvalue weighted by Crippen LogP contribution is 2.33. The number of aliphatic imine (C=N–C) groups is 1. The molecule has 0 spiro atoms. The molecule has 2 saturated carbocycles. The van der Waals surface area contributed by atoms with Gasteiger partial charge in [0, 0.05) is 37.8 Å². The number of aromatic nitrogens is 2. The van der Waals surface area contributed by atoms with Crippen molar-refractivity contribution in [3.8, 4) is 0 Å². The summed E-state index contributed by atoms with van der Waals surface area (Å²) < 4.78 is 55.2. The molecule has 0 aromatic carbocycles. The van der Waals surface area contributed by atoms with Crippen molar-refractivity contribution in [1.82, 2.24) is 15.3 Å². The van der Waals surface area contributed by atoms with Crippen LogP contribution in [0.5, 0.6) is 0 Å². The molecule has 2 aliphatic carbocycles. The molecule has 1 aromatic rings. The molecule has 3 N–H and O–H groups in total. The number of carbonyl (C=O) groups excluding carboxylic acids is 1. The largest absolute Gasteiger partial charge is 0.393 e. The van der Waals surface area contributed by atoms with Gasteiger partial charge in [-0.2, -0.15) is 13.8 Å². The van der Waals surface area contributed by atoms with Crippen LogP contribution in [0.1, 0.15) is 61.7 Å². The first kappa shape index (κ1) is 25.3. The molecule has 3 rings (SSSR count). The van der Waals surface area contributed by atoms with Crippen LogP contribution in [0.4, 0.5) is 29.3 Å². The number of aliphatic hydroxyl groups is 1. The second-order valence-electron chi connectivity index (χ2n) is 8.44. The summed E-state index contributed by atoms with van der Waals surface area (Å²) in [4.78, 5) is 25.5. The van der Waals surface area contributed by atoms with E-state index in [4.69, 9.17) is 0 Å². The number of nitrogens with zero attached hydrogens (tertiary/aromatic N) is 3. The Kier molecular flexibility index (Phi) is 8.95. The zero-order chi connectivity index (χ0) is 23.8. The molecule has 0 unspecified atom stereocenters. The maximum atomic E-state index is 13.4. The van der Waals surface area contributed by atoms with Crippen LogP contribution in [0.25, 0.3) is 0 Å². The third-order valence-corrected chi connectivity index (χ3v) is 5.84. The van der Waals surface area contributed by atoms with Crippen LogP contribution in [0, 0.1) is 5.92 Å². The van der Waals surface area contributed by atoms with Crippen molar-refractivity contribution in [3.05, 3.63) is 11.8 Å². The monoisotopic (exact) mass is 475 g/mol. The van der Waals surface area contributed by atoms with Crippen molar-refractivity contribution in [1.29, 1.82) is 0 Å². The van der Waals surface area contributed by atoms with Crippen molar-refractivity contribution in [2.75, 3.05) is 18.5 Å². The van der Waals surface area contributed by atoms with Crippen LogP contribution in [0.2, 0.25) is 0 Å². The van der Waals surface area contributed by atoms with Crippen molar-refractivity contribution >= 4 is 23.9 Å². The fraction of sp³-hybridized carbons (Fsp3) is 0.714. The topological polar surface area (TPSA) is 109 Å². The summed E-state index contributed by atoms with van der Waals surface area (Å²) in [6.45, 7) is -3.12. The van der Waals surface area contributed by atoms with E-state index >= 15 is 0 Å². The van der Waals surface area contributed by atoms with Gasteiger partial charge in [0.2, 0.25) is 11.9 Å². The van der Waals surface area contributed by atoms with Crippen LogP contribution < -0.4 is 10.6 Å². The first-order chi connectivity index (χ1) is 15.7. The number of carbonyl (C=O) groups is 1. The zero-order valence-electron chi connectivity index (χ0n) is 18.2. The lowest BCUT2D eigenvalue weighted by Gasteiger charge is -2.28. The lowest BCUT2D eigenvalue weighted by atomic mass is 9.88. The Bertz CT molecular complexity index is 809. The predicted molar refractivity (Wildman–Crippen MR) is 113 cm³/mol. The summed E-state index contributed by atoms with van der Waals surface area (Å²) >= 11 is 0. The van der Waals surface area contributed by atoms with Gasteiger partial charge in [0.15, 0.2) is 5.82 Å². The van der Waals surface area contributed by atoms with Gasteiger partial charge in [-0.1, -0.05) is 0 Å². The maximum Gasteiger partial charge on any atom is 0.345 e. The van der Waals surface area contributed by atoms with E-state index in [9.17, 15) is 27.5 Å². The standard InChI is InChI=1S/C21H29F4N5O3/c22-19(23)33-10-9-26-20-28-12-16(18(32)29-14-5-7-21(24,25)8-6-14)17(30-20)27-11-13-1-3-15(31)4-2-13/h11-15,19,31H,1-10H2,(H,29,32)(H,26,28,30). The van der Waals surface area contributed by atoms with E-state index in [2.05, 4.69) is 30.3 Å². The Labute approximate surface area is 189 Å². The Hall–Kier alpha value is -2.34. The normalized spacial score (nSPS) is 23.7. The highest BCUT2D eigenvalue weighted by atomic mass is 19.3. The van der Waals surface area contributed by atoms with Crippen LogP contribution in [-0.4, -0.2) is 65.0 Å². The van der Waals surface area contributed by atoms with E-state index in [0.29, 0.717) is 12.8 Å². The molecule has 184 valence electrons. The number of nitrogens with one attached hydrogen (secondary N) is 2. The number of hydrogen-bond acceptors (Lipinski definition) is 7. The third kappa shape index (κ3) is 8.18. The number of anilines is 1. The first-order valence-electron chi connectivity index (χ1n) is 11.1. The summed E-state index contributed by atoms with van der Waals surface area (Å²) in [5.74, 6) is -2.91. The molecule has 2 fully saturated rings. The molecule has 0 atom stereocenters. The Balaban J connectivity index is 1.69. The average molecular weight is 475 g/mol. The second kappa shape index (κ2) is 11.7. The molecule has 1 heterocycles.